The van der Waals surface area contributed by atoms with Gasteiger partial charge in [0.05, 0.1) is 13.2 Å². The lowest BCUT2D eigenvalue weighted by atomic mass is 9.84. The molecule has 19 heteroatoms. The number of aliphatic hydroxyl groups is 8. The number of carbonyl (C=O) groups excluding carboxylic acids is 2. The lowest BCUT2D eigenvalue weighted by Crippen LogP contribution is -2.67. The molecule has 1 heterocycles. The van der Waals surface area contributed by atoms with Gasteiger partial charge in [-0.25, -0.2) is 4.57 Å². The van der Waals surface area contributed by atoms with Crippen molar-refractivity contribution in [3.05, 3.63) is 12.2 Å². The van der Waals surface area contributed by atoms with Gasteiger partial charge in [-0.1, -0.05) is 167 Å². The van der Waals surface area contributed by atoms with Crippen molar-refractivity contribution in [1.29, 1.82) is 0 Å². The zero-order valence-corrected chi connectivity index (χ0v) is 43.5. The molecule has 0 amide bonds. The molecule has 1 aliphatic carbocycles. The Kier molecular flexibility index (Phi) is 35.8. The second-order valence-electron chi connectivity index (χ2n) is 19.4. The van der Waals surface area contributed by atoms with Crippen molar-refractivity contribution in [3.8, 4) is 0 Å². The Balaban J connectivity index is 1.92. The summed E-state index contributed by atoms with van der Waals surface area (Å²) in [5, 5.41) is 83.0. The van der Waals surface area contributed by atoms with Gasteiger partial charge in [-0.15, -0.1) is 0 Å². The van der Waals surface area contributed by atoms with Gasteiger partial charge in [0.2, 0.25) is 0 Å². The van der Waals surface area contributed by atoms with Gasteiger partial charge in [0.1, 0.15) is 67.6 Å². The number of rotatable bonds is 42. The van der Waals surface area contributed by atoms with Gasteiger partial charge in [-0.2, -0.15) is 0 Å². The van der Waals surface area contributed by atoms with Crippen molar-refractivity contribution in [1.82, 2.24) is 0 Å². The summed E-state index contributed by atoms with van der Waals surface area (Å²) in [4.78, 5) is 36.6. The maximum Gasteiger partial charge on any atom is 0.472 e. The van der Waals surface area contributed by atoms with Crippen LogP contribution in [0.2, 0.25) is 0 Å². The van der Waals surface area contributed by atoms with Gasteiger partial charge < -0.3 is 64.7 Å². The zero-order chi connectivity index (χ0) is 51.6. The predicted molar refractivity (Wildman–Crippen MR) is 263 cm³/mol. The Morgan fingerprint density at radius 2 is 0.943 bits per heavy atom. The number of phosphoric ester groups is 1. The third kappa shape index (κ3) is 27.1. The molecule has 0 bridgehead atoms. The van der Waals surface area contributed by atoms with Crippen LogP contribution in [-0.2, 0) is 42.1 Å². The average molecular weight is 1030 g/mol. The Morgan fingerprint density at radius 1 is 0.529 bits per heavy atom. The smallest absolute Gasteiger partial charge is 0.462 e. The quantitative estimate of drug-likeness (QED) is 0.0130. The van der Waals surface area contributed by atoms with Crippen molar-refractivity contribution >= 4 is 19.8 Å². The molecule has 1 saturated heterocycles. The molecule has 13 unspecified atom stereocenters. The lowest BCUT2D eigenvalue weighted by Gasteiger charge is -2.47. The highest BCUT2D eigenvalue weighted by Gasteiger charge is 2.55. The zero-order valence-electron chi connectivity index (χ0n) is 42.6. The minimum absolute atomic E-state index is 0.0348. The Bertz CT molecular complexity index is 1410. The number of hydrogen-bond donors (Lipinski definition) is 9. The van der Waals surface area contributed by atoms with E-state index in [0.29, 0.717) is 12.8 Å². The Labute approximate surface area is 418 Å². The van der Waals surface area contributed by atoms with E-state index in [9.17, 15) is 59.9 Å². The molecule has 0 spiro atoms. The van der Waals surface area contributed by atoms with Crippen LogP contribution in [0.4, 0.5) is 0 Å². The molecule has 0 radical (unpaired) electrons. The number of unbranched alkanes of at least 4 members (excludes halogenated alkanes) is 25. The van der Waals surface area contributed by atoms with Gasteiger partial charge in [-0.05, 0) is 38.5 Å². The topological polar surface area (TPSA) is 289 Å². The average Bonchev–Trinajstić information content (AvgIpc) is 3.34. The molecule has 1 aliphatic heterocycles. The Morgan fingerprint density at radius 3 is 1.43 bits per heavy atom. The minimum atomic E-state index is -5.38. The molecule has 0 aromatic rings. The molecular formula is C51H95O18P. The fourth-order valence-corrected chi connectivity index (χ4v) is 9.73. The summed E-state index contributed by atoms with van der Waals surface area (Å²) < 4.78 is 45.5. The molecule has 2 rings (SSSR count). The van der Waals surface area contributed by atoms with Crippen LogP contribution >= 0.6 is 7.82 Å². The van der Waals surface area contributed by atoms with Gasteiger partial charge in [-0.3, -0.25) is 18.6 Å². The maximum absolute atomic E-state index is 13.4. The van der Waals surface area contributed by atoms with E-state index in [2.05, 4.69) is 26.0 Å². The van der Waals surface area contributed by atoms with Gasteiger partial charge in [0.25, 0.3) is 0 Å². The molecule has 2 aliphatic rings. The van der Waals surface area contributed by atoms with E-state index in [1.165, 1.54) is 116 Å². The molecule has 70 heavy (non-hydrogen) atoms. The number of phosphoric acid groups is 1. The molecule has 13 atom stereocenters. The summed E-state index contributed by atoms with van der Waals surface area (Å²) in [5.74, 6) is -1.23. The van der Waals surface area contributed by atoms with Gasteiger partial charge in [0.15, 0.2) is 12.4 Å². The number of ether oxygens (including phenoxy) is 4. The van der Waals surface area contributed by atoms with Crippen LogP contribution in [0.1, 0.15) is 206 Å². The van der Waals surface area contributed by atoms with Gasteiger partial charge >= 0.3 is 19.8 Å². The highest BCUT2D eigenvalue weighted by atomic mass is 31.2. The van der Waals surface area contributed by atoms with Gasteiger partial charge in [0, 0.05) is 12.8 Å². The van der Waals surface area contributed by atoms with Crippen molar-refractivity contribution in [3.63, 3.8) is 0 Å². The second-order valence-corrected chi connectivity index (χ2v) is 20.8. The van der Waals surface area contributed by atoms with Crippen molar-refractivity contribution in [2.45, 2.75) is 280 Å². The number of aliphatic hydroxyl groups excluding tert-OH is 8. The minimum Gasteiger partial charge on any atom is -0.462 e. The molecule has 0 aromatic carbocycles. The fraction of sp³-hybridized carbons (Fsp3) is 0.922. The van der Waals surface area contributed by atoms with Crippen LogP contribution < -0.4 is 0 Å². The van der Waals surface area contributed by atoms with E-state index < -0.39 is 113 Å². The summed E-state index contributed by atoms with van der Waals surface area (Å²) in [6.07, 6.45) is 12.9. The summed E-state index contributed by atoms with van der Waals surface area (Å²) in [5.41, 5.74) is 0. The van der Waals surface area contributed by atoms with Crippen molar-refractivity contribution in [2.24, 2.45) is 0 Å². The van der Waals surface area contributed by atoms with Crippen LogP contribution in [0.15, 0.2) is 12.2 Å². The van der Waals surface area contributed by atoms with E-state index in [-0.39, 0.29) is 12.8 Å². The Hall–Kier alpha value is -1.61. The third-order valence-electron chi connectivity index (χ3n) is 13.2. The molecule has 18 nitrogen and oxygen atoms in total. The summed E-state index contributed by atoms with van der Waals surface area (Å²) in [6.45, 7) is 2.23. The molecule has 412 valence electrons. The van der Waals surface area contributed by atoms with E-state index in [0.717, 1.165) is 51.4 Å². The highest BCUT2D eigenvalue weighted by molar-refractivity contribution is 7.47. The first kappa shape index (κ1) is 64.5. The van der Waals surface area contributed by atoms with Crippen LogP contribution in [0, 0.1) is 0 Å². The number of carbonyl (C=O) groups is 2. The molecule has 9 N–H and O–H groups in total. The summed E-state index contributed by atoms with van der Waals surface area (Å²) >= 11 is 0. The highest BCUT2D eigenvalue weighted by Crippen LogP contribution is 2.48. The lowest BCUT2D eigenvalue weighted by molar-refractivity contribution is -0.338. The third-order valence-corrected chi connectivity index (χ3v) is 14.2. The maximum atomic E-state index is 13.4. The number of hydrogen-bond acceptors (Lipinski definition) is 17. The van der Waals surface area contributed by atoms with E-state index >= 15 is 0 Å². The molecule has 2 fully saturated rings. The second kappa shape index (κ2) is 38.9. The molecule has 1 saturated carbocycles. The summed E-state index contributed by atoms with van der Waals surface area (Å²) in [6, 6.07) is 0. The van der Waals surface area contributed by atoms with E-state index in [1.54, 1.807) is 0 Å². The SMILES string of the molecule is CCCCCCCCC=CCCCCCC(=O)OCC(COP(=O)(O)OC1C(O)C(O)C(O)C(O)C1OC1OC(CO)C(O)C(O)C1O)OC(=O)CCCCCCCCCCCCCCCCCCC. The molecule has 0 aromatic heterocycles. The van der Waals surface area contributed by atoms with Crippen LogP contribution in [0.5, 0.6) is 0 Å². The first-order chi connectivity index (χ1) is 33.7. The van der Waals surface area contributed by atoms with Crippen LogP contribution in [-0.4, -0.2) is 151 Å². The monoisotopic (exact) mass is 1030 g/mol. The van der Waals surface area contributed by atoms with Crippen LogP contribution in [0.3, 0.4) is 0 Å². The molecular weight excluding hydrogens is 932 g/mol. The standard InChI is InChI=1S/C51H95O18P/c1-3-5-7-9-11-13-15-17-18-19-20-22-24-26-28-30-32-34-41(54)66-38(36-64-40(53)33-31-29-27-25-23-21-16-14-12-10-8-6-4-2)37-65-70(62,63)69-50-47(60)45(58)44(57)46(59)49(50)68-51-48(61)43(56)42(55)39(35-52)67-51/h21,23,38-39,42-52,55-61H,3-20,22,24-37H2,1-2H3,(H,62,63). The first-order valence-corrected chi connectivity index (χ1v) is 28.5. The van der Waals surface area contributed by atoms with Crippen LogP contribution in [0.25, 0.3) is 0 Å². The first-order valence-electron chi connectivity index (χ1n) is 27.0. The normalized spacial score (nSPS) is 27.4. The van der Waals surface area contributed by atoms with E-state index in [1.807, 2.05) is 0 Å². The van der Waals surface area contributed by atoms with Crippen molar-refractivity contribution < 1.29 is 87.9 Å². The summed E-state index contributed by atoms with van der Waals surface area (Å²) in [7, 11) is -5.38. The van der Waals surface area contributed by atoms with E-state index in [4.69, 9.17) is 28.0 Å². The number of esters is 2. The van der Waals surface area contributed by atoms with Crippen molar-refractivity contribution in [2.75, 3.05) is 19.8 Å². The number of allylic oxidation sites excluding steroid dienone is 2. The largest absolute Gasteiger partial charge is 0.472 e. The predicted octanol–water partition coefficient (Wildman–Crippen LogP) is 6.88. The fourth-order valence-electron chi connectivity index (χ4n) is 8.76.